The standard InChI is InChI=1S/C13H17N3O2/c1-13(2,7-14)8-16-12(17)10-5-4-9(15)6-11(10)18-3/h4-6H,8,15H2,1-3H3,(H,16,17). The Morgan fingerprint density at radius 2 is 2.22 bits per heavy atom. The van der Waals surface area contributed by atoms with Crippen LogP contribution in [0.15, 0.2) is 18.2 Å². The van der Waals surface area contributed by atoms with Gasteiger partial charge < -0.3 is 15.8 Å². The molecule has 1 amide bonds. The van der Waals surface area contributed by atoms with E-state index in [1.807, 2.05) is 0 Å². The summed E-state index contributed by atoms with van der Waals surface area (Å²) in [7, 11) is 1.48. The molecule has 0 radical (unpaired) electrons. The monoisotopic (exact) mass is 247 g/mol. The maximum atomic E-state index is 12.0. The summed E-state index contributed by atoms with van der Waals surface area (Å²) in [4.78, 5) is 12.0. The molecule has 5 heteroatoms. The lowest BCUT2D eigenvalue weighted by atomic mass is 9.96. The summed E-state index contributed by atoms with van der Waals surface area (Å²) in [6.07, 6.45) is 0. The SMILES string of the molecule is COc1cc(N)ccc1C(=O)NCC(C)(C)C#N. The van der Waals surface area contributed by atoms with Gasteiger partial charge in [-0.3, -0.25) is 4.79 Å². The molecule has 96 valence electrons. The van der Waals surface area contributed by atoms with Crippen molar-refractivity contribution in [3.05, 3.63) is 23.8 Å². The number of hydrogen-bond acceptors (Lipinski definition) is 4. The van der Waals surface area contributed by atoms with Crippen LogP contribution in [0.2, 0.25) is 0 Å². The molecule has 0 unspecified atom stereocenters. The molecule has 0 heterocycles. The van der Waals surface area contributed by atoms with Gasteiger partial charge in [0.1, 0.15) is 5.75 Å². The lowest BCUT2D eigenvalue weighted by Gasteiger charge is -2.16. The molecule has 0 aromatic heterocycles. The fourth-order valence-corrected chi connectivity index (χ4v) is 1.33. The van der Waals surface area contributed by atoms with Gasteiger partial charge in [0.05, 0.1) is 24.2 Å². The van der Waals surface area contributed by atoms with Gasteiger partial charge in [-0.2, -0.15) is 5.26 Å². The first-order valence-electron chi connectivity index (χ1n) is 5.52. The second-order valence-corrected chi connectivity index (χ2v) is 4.64. The van der Waals surface area contributed by atoms with Gasteiger partial charge in [0.2, 0.25) is 0 Å². The van der Waals surface area contributed by atoms with Crippen LogP contribution in [-0.4, -0.2) is 19.6 Å². The highest BCUT2D eigenvalue weighted by atomic mass is 16.5. The van der Waals surface area contributed by atoms with Gasteiger partial charge in [0, 0.05) is 18.3 Å². The van der Waals surface area contributed by atoms with Gasteiger partial charge in [-0.25, -0.2) is 0 Å². The van der Waals surface area contributed by atoms with Crippen LogP contribution in [0.4, 0.5) is 5.69 Å². The van der Waals surface area contributed by atoms with Crippen molar-refractivity contribution in [2.45, 2.75) is 13.8 Å². The minimum Gasteiger partial charge on any atom is -0.496 e. The second kappa shape index (κ2) is 5.41. The van der Waals surface area contributed by atoms with Crippen molar-refractivity contribution >= 4 is 11.6 Å². The normalized spacial score (nSPS) is 10.6. The lowest BCUT2D eigenvalue weighted by Crippen LogP contribution is -2.33. The van der Waals surface area contributed by atoms with Crippen molar-refractivity contribution in [1.29, 1.82) is 5.26 Å². The van der Waals surface area contributed by atoms with Crippen molar-refractivity contribution in [1.82, 2.24) is 5.32 Å². The number of nitrogen functional groups attached to an aromatic ring is 1. The van der Waals surface area contributed by atoms with Gasteiger partial charge in [0.25, 0.3) is 5.91 Å². The molecule has 0 aliphatic heterocycles. The molecule has 1 aromatic carbocycles. The van der Waals surface area contributed by atoms with Crippen molar-refractivity contribution in [3.63, 3.8) is 0 Å². The average molecular weight is 247 g/mol. The van der Waals surface area contributed by atoms with E-state index in [-0.39, 0.29) is 12.5 Å². The van der Waals surface area contributed by atoms with Crippen molar-refractivity contribution < 1.29 is 9.53 Å². The summed E-state index contributed by atoms with van der Waals surface area (Å²) in [6, 6.07) is 6.94. The van der Waals surface area contributed by atoms with Crippen LogP contribution in [0.3, 0.4) is 0 Å². The average Bonchev–Trinajstić information content (AvgIpc) is 2.36. The zero-order chi connectivity index (χ0) is 13.8. The third kappa shape index (κ3) is 3.39. The molecule has 0 aliphatic carbocycles. The number of carbonyl (C=O) groups is 1. The van der Waals surface area contributed by atoms with E-state index in [2.05, 4.69) is 11.4 Å². The molecule has 0 saturated heterocycles. The Balaban J connectivity index is 2.83. The summed E-state index contributed by atoms with van der Waals surface area (Å²) in [5.41, 5.74) is 5.94. The third-order valence-corrected chi connectivity index (χ3v) is 2.46. The number of hydrogen-bond donors (Lipinski definition) is 2. The zero-order valence-corrected chi connectivity index (χ0v) is 10.8. The predicted molar refractivity (Wildman–Crippen MR) is 69.1 cm³/mol. The number of nitrogens with two attached hydrogens (primary N) is 1. The first kappa shape index (κ1) is 13.8. The number of nitrogens with one attached hydrogen (secondary N) is 1. The van der Waals surface area contributed by atoms with Crippen LogP contribution in [0, 0.1) is 16.7 Å². The molecule has 0 atom stereocenters. The van der Waals surface area contributed by atoms with Gasteiger partial charge in [-0.15, -0.1) is 0 Å². The van der Waals surface area contributed by atoms with E-state index in [4.69, 9.17) is 15.7 Å². The topological polar surface area (TPSA) is 88.1 Å². The smallest absolute Gasteiger partial charge is 0.255 e. The fraction of sp³-hybridized carbons (Fsp3) is 0.385. The number of carbonyl (C=O) groups excluding carboxylic acids is 1. The number of nitriles is 1. The van der Waals surface area contributed by atoms with Crippen LogP contribution in [0.1, 0.15) is 24.2 Å². The summed E-state index contributed by atoms with van der Waals surface area (Å²) >= 11 is 0. The number of ether oxygens (including phenoxy) is 1. The first-order valence-corrected chi connectivity index (χ1v) is 5.52. The molecule has 0 saturated carbocycles. The molecule has 1 aromatic rings. The summed E-state index contributed by atoms with van der Waals surface area (Å²) in [5.74, 6) is 0.137. The Hall–Kier alpha value is -2.22. The molecule has 5 nitrogen and oxygen atoms in total. The van der Waals surface area contributed by atoms with Gasteiger partial charge in [-0.1, -0.05) is 0 Å². The van der Waals surface area contributed by atoms with Gasteiger partial charge >= 0.3 is 0 Å². The Morgan fingerprint density at radius 1 is 1.56 bits per heavy atom. The molecular weight excluding hydrogens is 230 g/mol. The largest absolute Gasteiger partial charge is 0.496 e. The molecule has 3 N–H and O–H groups in total. The number of methoxy groups -OCH3 is 1. The lowest BCUT2D eigenvalue weighted by molar-refractivity contribution is 0.0940. The minimum absolute atomic E-state index is 0.274. The zero-order valence-electron chi connectivity index (χ0n) is 10.8. The number of rotatable bonds is 4. The molecule has 0 bridgehead atoms. The van der Waals surface area contributed by atoms with E-state index in [1.54, 1.807) is 32.0 Å². The van der Waals surface area contributed by atoms with Crippen molar-refractivity contribution in [3.8, 4) is 11.8 Å². The Labute approximate surface area is 107 Å². The number of benzene rings is 1. The van der Waals surface area contributed by atoms with Gasteiger partial charge in [0.15, 0.2) is 0 Å². The van der Waals surface area contributed by atoms with Crippen LogP contribution in [-0.2, 0) is 0 Å². The van der Waals surface area contributed by atoms with E-state index >= 15 is 0 Å². The van der Waals surface area contributed by atoms with Crippen LogP contribution in [0.25, 0.3) is 0 Å². The maximum absolute atomic E-state index is 12.0. The molecule has 0 aliphatic rings. The van der Waals surface area contributed by atoms with E-state index in [9.17, 15) is 4.79 Å². The molecular formula is C13H17N3O2. The minimum atomic E-state index is -0.600. The highest BCUT2D eigenvalue weighted by Crippen LogP contribution is 2.21. The Morgan fingerprint density at radius 3 is 2.78 bits per heavy atom. The van der Waals surface area contributed by atoms with E-state index in [1.165, 1.54) is 7.11 Å². The molecule has 1 rings (SSSR count). The highest BCUT2D eigenvalue weighted by Gasteiger charge is 2.19. The van der Waals surface area contributed by atoms with Crippen LogP contribution in [0.5, 0.6) is 5.75 Å². The Kier molecular flexibility index (Phi) is 4.16. The Bertz CT molecular complexity index is 489. The van der Waals surface area contributed by atoms with Crippen LogP contribution < -0.4 is 15.8 Å². The third-order valence-electron chi connectivity index (χ3n) is 2.46. The fourth-order valence-electron chi connectivity index (χ4n) is 1.33. The summed E-state index contributed by atoms with van der Waals surface area (Å²) in [6.45, 7) is 3.79. The molecule has 18 heavy (non-hydrogen) atoms. The number of amides is 1. The summed E-state index contributed by atoms with van der Waals surface area (Å²) < 4.78 is 5.10. The van der Waals surface area contributed by atoms with Crippen molar-refractivity contribution in [2.75, 3.05) is 19.4 Å². The van der Waals surface area contributed by atoms with Crippen LogP contribution >= 0.6 is 0 Å². The van der Waals surface area contributed by atoms with E-state index in [0.717, 1.165) is 0 Å². The van der Waals surface area contributed by atoms with E-state index < -0.39 is 5.41 Å². The van der Waals surface area contributed by atoms with E-state index in [0.29, 0.717) is 17.0 Å². The number of nitrogens with zero attached hydrogens (tertiary/aromatic N) is 1. The first-order chi connectivity index (χ1) is 8.39. The highest BCUT2D eigenvalue weighted by molar-refractivity contribution is 5.97. The quantitative estimate of drug-likeness (QED) is 0.790. The van der Waals surface area contributed by atoms with Crippen molar-refractivity contribution in [2.24, 2.45) is 5.41 Å². The molecule has 0 spiro atoms. The summed E-state index contributed by atoms with van der Waals surface area (Å²) in [5, 5.41) is 11.6. The number of anilines is 1. The second-order valence-electron chi connectivity index (χ2n) is 4.64. The maximum Gasteiger partial charge on any atom is 0.255 e. The van der Waals surface area contributed by atoms with Gasteiger partial charge in [-0.05, 0) is 26.0 Å². The predicted octanol–water partition coefficient (Wildman–Crippen LogP) is 1.56. The molecule has 0 fully saturated rings.